The van der Waals surface area contributed by atoms with Crippen LogP contribution in [0.4, 0.5) is 0 Å². The van der Waals surface area contributed by atoms with Gasteiger partial charge in [0.15, 0.2) is 0 Å². The molecule has 0 saturated heterocycles. The number of oxime groups is 1. The zero-order valence-electron chi connectivity index (χ0n) is 7.77. The highest BCUT2D eigenvalue weighted by Crippen LogP contribution is 1.94. The molecule has 0 aliphatic rings. The number of nitrogens with zero attached hydrogens (tertiary/aromatic N) is 2. The summed E-state index contributed by atoms with van der Waals surface area (Å²) in [7, 11) is 0. The minimum atomic E-state index is -0.392. The van der Waals surface area contributed by atoms with Crippen molar-refractivity contribution in [1.82, 2.24) is 10.3 Å². The molecule has 2 N–H and O–H groups in total. The topological polar surface area (TPSA) is 74.6 Å². The maximum Gasteiger partial charge on any atom is 0.269 e. The van der Waals surface area contributed by atoms with Crippen molar-refractivity contribution in [2.75, 3.05) is 0 Å². The van der Waals surface area contributed by atoms with Crippen LogP contribution in [0.15, 0.2) is 29.7 Å². The van der Waals surface area contributed by atoms with Crippen molar-refractivity contribution in [2.45, 2.75) is 13.5 Å². The van der Waals surface area contributed by atoms with Crippen molar-refractivity contribution in [2.24, 2.45) is 5.16 Å². The van der Waals surface area contributed by atoms with Crippen LogP contribution in [-0.2, 0) is 11.3 Å². The fourth-order valence-corrected chi connectivity index (χ4v) is 0.858. The van der Waals surface area contributed by atoms with Crippen molar-refractivity contribution < 1.29 is 10.0 Å². The first-order valence-corrected chi connectivity index (χ1v) is 4.10. The molecule has 0 saturated carbocycles. The Hall–Kier alpha value is -1.91. The van der Waals surface area contributed by atoms with Crippen molar-refractivity contribution in [3.63, 3.8) is 0 Å². The third-order valence-corrected chi connectivity index (χ3v) is 1.65. The highest BCUT2D eigenvalue weighted by atomic mass is 16.4. The number of rotatable bonds is 3. The van der Waals surface area contributed by atoms with Crippen LogP contribution >= 0.6 is 0 Å². The van der Waals surface area contributed by atoms with Gasteiger partial charge in [-0.05, 0) is 18.6 Å². The van der Waals surface area contributed by atoms with Crippen LogP contribution in [0.25, 0.3) is 0 Å². The van der Waals surface area contributed by atoms with E-state index in [9.17, 15) is 4.79 Å². The van der Waals surface area contributed by atoms with Gasteiger partial charge in [-0.25, -0.2) is 0 Å². The average Bonchev–Trinajstić information content (AvgIpc) is 2.26. The molecule has 1 aromatic rings. The van der Waals surface area contributed by atoms with Gasteiger partial charge in [-0.3, -0.25) is 9.78 Å². The number of carbonyl (C=O) groups is 1. The van der Waals surface area contributed by atoms with Gasteiger partial charge in [0, 0.05) is 18.9 Å². The van der Waals surface area contributed by atoms with E-state index in [0.29, 0.717) is 6.54 Å². The van der Waals surface area contributed by atoms with Crippen LogP contribution in [-0.4, -0.2) is 21.8 Å². The van der Waals surface area contributed by atoms with Crippen LogP contribution in [0.3, 0.4) is 0 Å². The Morgan fingerprint density at radius 3 is 3.07 bits per heavy atom. The lowest BCUT2D eigenvalue weighted by molar-refractivity contribution is -0.115. The molecule has 1 amide bonds. The number of aromatic nitrogens is 1. The second-order valence-electron chi connectivity index (χ2n) is 2.73. The van der Waals surface area contributed by atoms with E-state index in [1.54, 1.807) is 18.5 Å². The van der Waals surface area contributed by atoms with Crippen LogP contribution < -0.4 is 5.32 Å². The van der Waals surface area contributed by atoms with E-state index < -0.39 is 5.91 Å². The molecule has 5 heteroatoms. The molecule has 0 fully saturated rings. The molecular formula is C9H11N3O2. The Bertz CT molecular complexity index is 335. The Morgan fingerprint density at radius 2 is 2.50 bits per heavy atom. The average molecular weight is 193 g/mol. The summed E-state index contributed by atoms with van der Waals surface area (Å²) in [6.45, 7) is 1.80. The van der Waals surface area contributed by atoms with E-state index in [-0.39, 0.29) is 5.71 Å². The van der Waals surface area contributed by atoms with Crippen molar-refractivity contribution in [1.29, 1.82) is 0 Å². The second kappa shape index (κ2) is 4.96. The molecule has 0 spiro atoms. The molecule has 0 aliphatic heterocycles. The highest BCUT2D eigenvalue weighted by Gasteiger charge is 2.04. The van der Waals surface area contributed by atoms with Gasteiger partial charge < -0.3 is 10.5 Å². The van der Waals surface area contributed by atoms with Crippen LogP contribution in [0.2, 0.25) is 0 Å². The summed E-state index contributed by atoms with van der Waals surface area (Å²) < 4.78 is 0. The van der Waals surface area contributed by atoms with Crippen LogP contribution in [0, 0.1) is 0 Å². The maximum absolute atomic E-state index is 11.1. The Kier molecular flexibility index (Phi) is 3.60. The van der Waals surface area contributed by atoms with Gasteiger partial charge in [0.2, 0.25) is 0 Å². The maximum atomic E-state index is 11.1. The van der Waals surface area contributed by atoms with E-state index in [1.807, 2.05) is 6.07 Å². The zero-order valence-corrected chi connectivity index (χ0v) is 7.77. The standard InChI is InChI=1S/C9H11N3O2/c1-7(12-14)9(13)11-6-8-3-2-4-10-5-8/h2-5,14H,6H2,1H3,(H,11,13)/b12-7-. The molecule has 0 aromatic carbocycles. The summed E-state index contributed by atoms with van der Waals surface area (Å²) in [6.07, 6.45) is 3.32. The Labute approximate surface area is 81.5 Å². The third kappa shape index (κ3) is 2.85. The summed E-state index contributed by atoms with van der Waals surface area (Å²) in [5, 5.41) is 13.7. The minimum Gasteiger partial charge on any atom is -0.410 e. The first kappa shape index (κ1) is 10.2. The predicted octanol–water partition coefficient (Wildman–Crippen LogP) is 0.548. The normalized spacial score (nSPS) is 11.1. The van der Waals surface area contributed by atoms with Crippen LogP contribution in [0.5, 0.6) is 0 Å². The van der Waals surface area contributed by atoms with Gasteiger partial charge in [-0.1, -0.05) is 11.2 Å². The number of amides is 1. The molecule has 0 atom stereocenters. The third-order valence-electron chi connectivity index (χ3n) is 1.65. The quantitative estimate of drug-likeness (QED) is 0.418. The van der Waals surface area contributed by atoms with Crippen molar-refractivity contribution in [3.8, 4) is 0 Å². The smallest absolute Gasteiger partial charge is 0.269 e. The number of pyridine rings is 1. The van der Waals surface area contributed by atoms with E-state index in [0.717, 1.165) is 5.56 Å². The number of hydrogen-bond donors (Lipinski definition) is 2. The van der Waals surface area contributed by atoms with Gasteiger partial charge >= 0.3 is 0 Å². The molecule has 0 bridgehead atoms. The number of hydrogen-bond acceptors (Lipinski definition) is 4. The number of nitrogens with one attached hydrogen (secondary N) is 1. The largest absolute Gasteiger partial charge is 0.410 e. The van der Waals surface area contributed by atoms with E-state index in [4.69, 9.17) is 5.21 Å². The summed E-state index contributed by atoms with van der Waals surface area (Å²) in [5.74, 6) is -0.392. The van der Waals surface area contributed by atoms with Gasteiger partial charge in [-0.2, -0.15) is 0 Å². The van der Waals surface area contributed by atoms with Crippen LogP contribution in [0.1, 0.15) is 12.5 Å². The summed E-state index contributed by atoms with van der Waals surface area (Å²) in [5.41, 5.74) is 0.931. The highest BCUT2D eigenvalue weighted by molar-refractivity contribution is 6.37. The molecule has 1 heterocycles. The van der Waals surface area contributed by atoms with Gasteiger partial charge in [0.25, 0.3) is 5.91 Å². The summed E-state index contributed by atoms with van der Waals surface area (Å²) >= 11 is 0. The Balaban J connectivity index is 2.46. The van der Waals surface area contributed by atoms with Gasteiger partial charge in [0.05, 0.1) is 0 Å². The van der Waals surface area contributed by atoms with E-state index in [1.165, 1.54) is 6.92 Å². The fraction of sp³-hybridized carbons (Fsp3) is 0.222. The van der Waals surface area contributed by atoms with Gasteiger partial charge in [0.1, 0.15) is 5.71 Å². The molecular weight excluding hydrogens is 182 g/mol. The molecule has 0 unspecified atom stereocenters. The first-order chi connectivity index (χ1) is 6.74. The molecule has 1 rings (SSSR count). The molecule has 1 aromatic heterocycles. The molecule has 74 valence electrons. The number of carbonyl (C=O) groups excluding carboxylic acids is 1. The lowest BCUT2D eigenvalue weighted by Gasteiger charge is -2.02. The lowest BCUT2D eigenvalue weighted by Crippen LogP contribution is -2.28. The minimum absolute atomic E-state index is 0.0360. The molecule has 5 nitrogen and oxygen atoms in total. The second-order valence-corrected chi connectivity index (χ2v) is 2.73. The van der Waals surface area contributed by atoms with Gasteiger partial charge in [-0.15, -0.1) is 0 Å². The van der Waals surface area contributed by atoms with Crippen molar-refractivity contribution in [3.05, 3.63) is 30.1 Å². The summed E-state index contributed by atoms with van der Waals surface area (Å²) in [4.78, 5) is 15.0. The summed E-state index contributed by atoms with van der Waals surface area (Å²) in [6, 6.07) is 3.63. The van der Waals surface area contributed by atoms with Crippen molar-refractivity contribution >= 4 is 11.6 Å². The molecule has 14 heavy (non-hydrogen) atoms. The fourth-order valence-electron chi connectivity index (χ4n) is 0.858. The molecule has 0 aliphatic carbocycles. The monoisotopic (exact) mass is 193 g/mol. The van der Waals surface area contributed by atoms with E-state index in [2.05, 4.69) is 15.5 Å². The SMILES string of the molecule is C/C(=N/O)C(=O)NCc1cccnc1. The predicted molar refractivity (Wildman–Crippen MR) is 51.0 cm³/mol. The Morgan fingerprint density at radius 1 is 1.71 bits per heavy atom. The lowest BCUT2D eigenvalue weighted by atomic mass is 10.3. The molecule has 0 radical (unpaired) electrons. The zero-order chi connectivity index (χ0) is 10.4. The first-order valence-electron chi connectivity index (χ1n) is 4.10. The van der Waals surface area contributed by atoms with E-state index >= 15 is 0 Å².